The number of hydrogen-bond acceptors (Lipinski definition) is 2. The summed E-state index contributed by atoms with van der Waals surface area (Å²) >= 11 is 0. The summed E-state index contributed by atoms with van der Waals surface area (Å²) in [6.07, 6.45) is 1.65. The third kappa shape index (κ3) is 1.61. The van der Waals surface area contributed by atoms with Crippen LogP contribution in [-0.2, 0) is 4.79 Å². The molecule has 1 amide bonds. The van der Waals surface area contributed by atoms with Gasteiger partial charge in [-0.1, -0.05) is 0 Å². The Labute approximate surface area is 69.6 Å². The molecular weight excluding hydrogens is 162 g/mol. The maximum absolute atomic E-state index is 10.6. The molecule has 0 aromatic carbocycles. The Morgan fingerprint density at radius 1 is 1.42 bits per heavy atom. The molecule has 66 valence electrons. The van der Waals surface area contributed by atoms with Crippen LogP contribution in [0.2, 0.25) is 0 Å². The molecule has 1 heterocycles. The van der Waals surface area contributed by atoms with Gasteiger partial charge < -0.3 is 10.2 Å². The largest absolute Gasteiger partial charge is 0.480 e. The van der Waals surface area contributed by atoms with Gasteiger partial charge in [0, 0.05) is 6.42 Å². The summed E-state index contributed by atoms with van der Waals surface area (Å²) in [6, 6.07) is -0.868. The standard InChI is InChI=1S/C7H9NO4/c9-6(10)5-3-1-2-4-8(5)7(11)12/h2,5H,1,3-4H2,(H-,9,10,11,12)/p+1. The molecule has 2 N–H and O–H groups in total. The van der Waals surface area contributed by atoms with Crippen LogP contribution in [0.4, 0.5) is 4.79 Å². The lowest BCUT2D eigenvalue weighted by atomic mass is 10.0. The number of likely N-dealkylation sites (tertiary alicyclic amines) is 1. The highest BCUT2D eigenvalue weighted by molar-refractivity contribution is 5.79. The average Bonchev–Trinajstić information content (AvgIpc) is 2.04. The highest BCUT2D eigenvalue weighted by Crippen LogP contribution is 2.16. The first-order chi connectivity index (χ1) is 5.63. The lowest BCUT2D eigenvalue weighted by molar-refractivity contribution is -0.143. The molecule has 0 aromatic heterocycles. The van der Waals surface area contributed by atoms with E-state index in [1.165, 1.54) is 0 Å². The fraction of sp³-hybridized carbons (Fsp3) is 0.571. The summed E-state index contributed by atoms with van der Waals surface area (Å²) in [5, 5.41) is 17.2. The Hall–Kier alpha value is -1.39. The number of piperidine rings is 1. The van der Waals surface area contributed by atoms with Crippen molar-refractivity contribution in [2.24, 2.45) is 0 Å². The van der Waals surface area contributed by atoms with Crippen molar-refractivity contribution in [3.05, 3.63) is 6.42 Å². The molecule has 0 radical (unpaired) electrons. The van der Waals surface area contributed by atoms with Gasteiger partial charge in [-0.3, -0.25) is 4.90 Å². The minimum Gasteiger partial charge on any atom is -0.480 e. The van der Waals surface area contributed by atoms with Gasteiger partial charge >= 0.3 is 12.1 Å². The molecule has 1 aliphatic heterocycles. The van der Waals surface area contributed by atoms with Gasteiger partial charge in [-0.2, -0.15) is 0 Å². The normalized spacial score (nSPS) is 23.0. The summed E-state index contributed by atoms with van der Waals surface area (Å²) in [7, 11) is 0. The molecule has 0 aromatic rings. The van der Waals surface area contributed by atoms with Crippen LogP contribution >= 0.6 is 0 Å². The zero-order valence-electron chi connectivity index (χ0n) is 6.43. The van der Waals surface area contributed by atoms with E-state index >= 15 is 0 Å². The van der Waals surface area contributed by atoms with Gasteiger partial charge in [-0.15, -0.1) is 0 Å². The lowest BCUT2D eigenvalue weighted by Gasteiger charge is -2.25. The second kappa shape index (κ2) is 3.34. The number of carboxylic acid groups (broad SMARTS) is 2. The van der Waals surface area contributed by atoms with E-state index in [9.17, 15) is 9.59 Å². The molecule has 0 saturated carbocycles. The van der Waals surface area contributed by atoms with Gasteiger partial charge in [0.15, 0.2) is 6.54 Å². The van der Waals surface area contributed by atoms with Crippen molar-refractivity contribution in [2.75, 3.05) is 6.54 Å². The molecule has 0 aliphatic carbocycles. The van der Waals surface area contributed by atoms with Crippen LogP contribution < -0.4 is 0 Å². The SMILES string of the molecule is O=C(O)C1CC[CH+]CN1C(=O)O. The highest BCUT2D eigenvalue weighted by atomic mass is 16.4. The quantitative estimate of drug-likeness (QED) is 0.562. The molecule has 1 fully saturated rings. The van der Waals surface area contributed by atoms with Crippen molar-refractivity contribution in [3.8, 4) is 0 Å². The number of amides is 1. The molecular formula is C7H10NO4+. The van der Waals surface area contributed by atoms with Crippen molar-refractivity contribution < 1.29 is 19.8 Å². The minimum absolute atomic E-state index is 0.215. The molecule has 1 atom stereocenters. The minimum atomic E-state index is -1.17. The molecule has 1 rings (SSSR count). The summed E-state index contributed by atoms with van der Waals surface area (Å²) in [5.74, 6) is -1.06. The molecule has 1 saturated heterocycles. The number of nitrogens with zero attached hydrogens (tertiary/aromatic N) is 1. The van der Waals surface area contributed by atoms with Gasteiger partial charge in [-0.25, -0.2) is 9.59 Å². The van der Waals surface area contributed by atoms with Crippen molar-refractivity contribution in [2.45, 2.75) is 18.9 Å². The Balaban J connectivity index is 2.67. The number of carboxylic acids is 1. The van der Waals surface area contributed by atoms with Crippen LogP contribution in [0, 0.1) is 6.42 Å². The van der Waals surface area contributed by atoms with Gasteiger partial charge in [0.1, 0.15) is 6.04 Å². The Kier molecular flexibility index (Phi) is 2.42. The van der Waals surface area contributed by atoms with Crippen molar-refractivity contribution >= 4 is 12.1 Å². The zero-order valence-corrected chi connectivity index (χ0v) is 6.43. The van der Waals surface area contributed by atoms with Gasteiger partial charge in [-0.05, 0) is 0 Å². The summed E-state index contributed by atoms with van der Waals surface area (Å²) in [5.41, 5.74) is 0. The molecule has 12 heavy (non-hydrogen) atoms. The lowest BCUT2D eigenvalue weighted by Crippen LogP contribution is -2.47. The number of aliphatic carboxylic acids is 1. The molecule has 5 nitrogen and oxygen atoms in total. The molecule has 5 heteroatoms. The van der Waals surface area contributed by atoms with E-state index < -0.39 is 18.1 Å². The second-order valence-electron chi connectivity index (χ2n) is 2.65. The number of rotatable bonds is 1. The maximum atomic E-state index is 10.6. The fourth-order valence-electron chi connectivity index (χ4n) is 1.26. The van der Waals surface area contributed by atoms with Crippen molar-refractivity contribution in [3.63, 3.8) is 0 Å². The molecule has 1 unspecified atom stereocenters. The first kappa shape index (κ1) is 8.70. The van der Waals surface area contributed by atoms with Crippen LogP contribution in [0.25, 0.3) is 0 Å². The third-order valence-electron chi connectivity index (χ3n) is 1.88. The van der Waals surface area contributed by atoms with Crippen LogP contribution in [0.1, 0.15) is 12.8 Å². The van der Waals surface area contributed by atoms with Crippen molar-refractivity contribution in [1.82, 2.24) is 4.90 Å². The van der Waals surface area contributed by atoms with E-state index in [-0.39, 0.29) is 6.54 Å². The Morgan fingerprint density at radius 2 is 2.08 bits per heavy atom. The van der Waals surface area contributed by atoms with E-state index in [0.29, 0.717) is 12.8 Å². The topological polar surface area (TPSA) is 77.8 Å². The first-order valence-corrected chi connectivity index (χ1v) is 3.67. The fourth-order valence-corrected chi connectivity index (χ4v) is 1.26. The predicted molar refractivity (Wildman–Crippen MR) is 39.7 cm³/mol. The van der Waals surface area contributed by atoms with E-state index in [4.69, 9.17) is 10.2 Å². The van der Waals surface area contributed by atoms with Crippen LogP contribution in [-0.4, -0.2) is 39.8 Å². The van der Waals surface area contributed by atoms with Crippen LogP contribution in [0.5, 0.6) is 0 Å². The number of hydrogen-bond donors (Lipinski definition) is 2. The summed E-state index contributed by atoms with van der Waals surface area (Å²) < 4.78 is 0. The predicted octanol–water partition coefficient (Wildman–Crippen LogP) is 0.418. The Bertz CT molecular complexity index is 182. The van der Waals surface area contributed by atoms with E-state index in [2.05, 4.69) is 0 Å². The monoisotopic (exact) mass is 172 g/mol. The van der Waals surface area contributed by atoms with E-state index in [1.807, 2.05) is 0 Å². The Morgan fingerprint density at radius 3 is 2.50 bits per heavy atom. The zero-order chi connectivity index (χ0) is 9.14. The van der Waals surface area contributed by atoms with Gasteiger partial charge in [0.05, 0.1) is 12.8 Å². The number of carbonyl (C=O) groups is 2. The van der Waals surface area contributed by atoms with E-state index in [1.54, 1.807) is 6.42 Å². The smallest absolute Gasteiger partial charge is 0.411 e. The average molecular weight is 172 g/mol. The molecule has 0 bridgehead atoms. The highest BCUT2D eigenvalue weighted by Gasteiger charge is 2.35. The second-order valence-corrected chi connectivity index (χ2v) is 2.65. The van der Waals surface area contributed by atoms with Crippen molar-refractivity contribution in [1.29, 1.82) is 0 Å². The molecule has 1 aliphatic rings. The van der Waals surface area contributed by atoms with E-state index in [0.717, 1.165) is 4.90 Å². The summed E-state index contributed by atoms with van der Waals surface area (Å²) in [6.45, 7) is 0.215. The van der Waals surface area contributed by atoms with Gasteiger partial charge in [0.25, 0.3) is 0 Å². The first-order valence-electron chi connectivity index (χ1n) is 3.67. The van der Waals surface area contributed by atoms with Crippen LogP contribution in [0.3, 0.4) is 0 Å². The third-order valence-corrected chi connectivity index (χ3v) is 1.88. The summed E-state index contributed by atoms with van der Waals surface area (Å²) in [4.78, 5) is 22.0. The van der Waals surface area contributed by atoms with Gasteiger partial charge in [0.2, 0.25) is 0 Å². The maximum Gasteiger partial charge on any atom is 0.411 e. The molecule has 0 spiro atoms. The van der Waals surface area contributed by atoms with Crippen LogP contribution in [0.15, 0.2) is 0 Å².